The number of carbonyl (C=O) groups is 1. The second-order valence-corrected chi connectivity index (χ2v) is 4.76. The highest BCUT2D eigenvalue weighted by Crippen LogP contribution is 2.30. The van der Waals surface area contributed by atoms with Crippen LogP contribution in [0.25, 0.3) is 0 Å². The van der Waals surface area contributed by atoms with Gasteiger partial charge in [0, 0.05) is 5.56 Å². The van der Waals surface area contributed by atoms with E-state index in [0.717, 1.165) is 17.7 Å². The Bertz CT molecular complexity index is 584. The Morgan fingerprint density at radius 1 is 1.22 bits per heavy atom. The molecule has 0 aliphatic rings. The van der Waals surface area contributed by atoms with Gasteiger partial charge in [0.2, 0.25) is 5.78 Å². The Morgan fingerprint density at radius 2 is 1.94 bits per heavy atom. The van der Waals surface area contributed by atoms with Crippen molar-refractivity contribution in [2.45, 2.75) is 13.1 Å². The minimum atomic E-state index is -4.43. The molecule has 0 spiro atoms. The first-order chi connectivity index (χ1) is 8.39. The first kappa shape index (κ1) is 12.8. The third kappa shape index (κ3) is 2.46. The molecule has 0 radical (unpaired) electrons. The molecular weight excluding hydrogens is 261 g/mol. The van der Waals surface area contributed by atoms with E-state index in [-0.39, 0.29) is 11.3 Å². The highest BCUT2D eigenvalue weighted by Gasteiger charge is 2.31. The van der Waals surface area contributed by atoms with Gasteiger partial charge in [0.1, 0.15) is 0 Å². The van der Waals surface area contributed by atoms with Gasteiger partial charge in [-0.3, -0.25) is 4.79 Å². The molecule has 0 saturated carbocycles. The molecule has 0 aliphatic carbocycles. The van der Waals surface area contributed by atoms with Gasteiger partial charge >= 0.3 is 6.18 Å². The van der Waals surface area contributed by atoms with Crippen molar-refractivity contribution in [1.29, 1.82) is 0 Å². The van der Waals surface area contributed by atoms with Gasteiger partial charge in [0.15, 0.2) is 0 Å². The van der Waals surface area contributed by atoms with Gasteiger partial charge < -0.3 is 0 Å². The van der Waals surface area contributed by atoms with Gasteiger partial charge in [-0.25, -0.2) is 0 Å². The fourth-order valence-electron chi connectivity index (χ4n) is 1.57. The molecule has 0 amide bonds. The van der Waals surface area contributed by atoms with Gasteiger partial charge in [-0.15, -0.1) is 11.3 Å². The molecule has 1 heterocycles. The third-order valence-corrected chi connectivity index (χ3v) is 3.54. The largest absolute Gasteiger partial charge is 0.416 e. The van der Waals surface area contributed by atoms with Crippen molar-refractivity contribution >= 4 is 17.1 Å². The summed E-state index contributed by atoms with van der Waals surface area (Å²) in [5.41, 5.74) is 0.0420. The summed E-state index contributed by atoms with van der Waals surface area (Å²) in [6, 6.07) is 6.26. The summed E-state index contributed by atoms with van der Waals surface area (Å²) in [6.07, 6.45) is -4.43. The topological polar surface area (TPSA) is 17.1 Å². The van der Waals surface area contributed by atoms with Crippen LogP contribution in [-0.2, 0) is 6.18 Å². The van der Waals surface area contributed by atoms with E-state index < -0.39 is 11.7 Å². The van der Waals surface area contributed by atoms with Gasteiger partial charge in [0.25, 0.3) is 0 Å². The standard InChI is InChI=1S/C13H9F3OS/c1-8-5-6-18-12(8)11(17)9-3-2-4-10(7-9)13(14,15)16/h2-7H,1H3. The zero-order valence-corrected chi connectivity index (χ0v) is 10.2. The molecular formula is C13H9F3OS. The molecule has 94 valence electrons. The Kier molecular flexibility index (Phi) is 3.26. The first-order valence-electron chi connectivity index (χ1n) is 5.15. The average molecular weight is 270 g/mol. The van der Waals surface area contributed by atoms with Crippen LogP contribution in [0.5, 0.6) is 0 Å². The molecule has 0 bridgehead atoms. The molecule has 0 aliphatic heterocycles. The summed E-state index contributed by atoms with van der Waals surface area (Å²) in [4.78, 5) is 12.5. The first-order valence-corrected chi connectivity index (χ1v) is 6.03. The summed E-state index contributed by atoms with van der Waals surface area (Å²) in [6.45, 7) is 1.76. The van der Waals surface area contributed by atoms with Crippen LogP contribution >= 0.6 is 11.3 Å². The zero-order valence-electron chi connectivity index (χ0n) is 9.41. The molecule has 2 aromatic rings. The van der Waals surface area contributed by atoms with Crippen molar-refractivity contribution in [1.82, 2.24) is 0 Å². The van der Waals surface area contributed by atoms with E-state index >= 15 is 0 Å². The second kappa shape index (κ2) is 4.57. The molecule has 1 aromatic heterocycles. The molecule has 18 heavy (non-hydrogen) atoms. The van der Waals surface area contributed by atoms with Crippen LogP contribution in [0.15, 0.2) is 35.7 Å². The predicted molar refractivity (Wildman–Crippen MR) is 63.9 cm³/mol. The number of halogens is 3. The lowest BCUT2D eigenvalue weighted by Crippen LogP contribution is -2.07. The van der Waals surface area contributed by atoms with Crippen LogP contribution < -0.4 is 0 Å². The highest BCUT2D eigenvalue weighted by molar-refractivity contribution is 7.12. The van der Waals surface area contributed by atoms with Gasteiger partial charge in [-0.05, 0) is 36.1 Å². The summed E-state index contributed by atoms with van der Waals surface area (Å²) in [5.74, 6) is -0.367. The molecule has 0 atom stereocenters. The lowest BCUT2D eigenvalue weighted by molar-refractivity contribution is -0.137. The number of hydrogen-bond donors (Lipinski definition) is 0. The highest BCUT2D eigenvalue weighted by atomic mass is 32.1. The Labute approximate surface area is 106 Å². The van der Waals surface area contributed by atoms with Crippen LogP contribution in [0, 0.1) is 6.92 Å². The van der Waals surface area contributed by atoms with E-state index in [1.165, 1.54) is 23.5 Å². The second-order valence-electron chi connectivity index (χ2n) is 3.84. The molecule has 1 nitrogen and oxygen atoms in total. The van der Waals surface area contributed by atoms with Crippen LogP contribution in [0.1, 0.15) is 26.4 Å². The Morgan fingerprint density at radius 3 is 2.50 bits per heavy atom. The van der Waals surface area contributed by atoms with E-state index in [2.05, 4.69) is 0 Å². The SMILES string of the molecule is Cc1ccsc1C(=O)c1cccc(C(F)(F)F)c1. The number of hydrogen-bond acceptors (Lipinski definition) is 2. The molecule has 0 saturated heterocycles. The lowest BCUT2D eigenvalue weighted by Gasteiger charge is -2.07. The van der Waals surface area contributed by atoms with E-state index in [1.807, 2.05) is 0 Å². The number of alkyl halides is 3. The third-order valence-electron chi connectivity index (χ3n) is 2.52. The number of rotatable bonds is 2. The average Bonchev–Trinajstić information content (AvgIpc) is 2.73. The van der Waals surface area contributed by atoms with Gasteiger partial charge in [-0.2, -0.15) is 13.2 Å². The van der Waals surface area contributed by atoms with Crippen LogP contribution in [-0.4, -0.2) is 5.78 Å². The number of ketones is 1. The van der Waals surface area contributed by atoms with Crippen molar-refractivity contribution in [2.24, 2.45) is 0 Å². The molecule has 1 aromatic carbocycles. The van der Waals surface area contributed by atoms with E-state index in [4.69, 9.17) is 0 Å². The lowest BCUT2D eigenvalue weighted by atomic mass is 10.0. The number of benzene rings is 1. The minimum absolute atomic E-state index is 0.0652. The van der Waals surface area contributed by atoms with Crippen molar-refractivity contribution in [2.75, 3.05) is 0 Å². The molecule has 0 N–H and O–H groups in total. The smallest absolute Gasteiger partial charge is 0.288 e. The van der Waals surface area contributed by atoms with E-state index in [9.17, 15) is 18.0 Å². The summed E-state index contributed by atoms with van der Waals surface area (Å²) in [5, 5.41) is 1.75. The fourth-order valence-corrected chi connectivity index (χ4v) is 2.46. The maximum atomic E-state index is 12.5. The number of carbonyl (C=O) groups excluding carboxylic acids is 1. The molecule has 5 heteroatoms. The summed E-state index contributed by atoms with van der Waals surface area (Å²) < 4.78 is 37.6. The molecule has 0 fully saturated rings. The van der Waals surface area contributed by atoms with Crippen molar-refractivity contribution in [3.05, 3.63) is 57.3 Å². The summed E-state index contributed by atoms with van der Waals surface area (Å²) >= 11 is 1.24. The number of thiophene rings is 1. The Hall–Kier alpha value is -1.62. The Balaban J connectivity index is 2.41. The molecule has 0 unspecified atom stereocenters. The van der Waals surface area contributed by atoms with Crippen LogP contribution in [0.4, 0.5) is 13.2 Å². The maximum Gasteiger partial charge on any atom is 0.416 e. The number of aryl methyl sites for hydroxylation is 1. The summed E-state index contributed by atoms with van der Waals surface area (Å²) in [7, 11) is 0. The van der Waals surface area contributed by atoms with Gasteiger partial charge in [-0.1, -0.05) is 12.1 Å². The predicted octanol–water partition coefficient (Wildman–Crippen LogP) is 4.31. The zero-order chi connectivity index (χ0) is 13.3. The van der Waals surface area contributed by atoms with Crippen LogP contribution in [0.2, 0.25) is 0 Å². The van der Waals surface area contributed by atoms with Crippen LogP contribution in [0.3, 0.4) is 0 Å². The quantitative estimate of drug-likeness (QED) is 0.743. The van der Waals surface area contributed by atoms with Crippen molar-refractivity contribution in [3.63, 3.8) is 0 Å². The van der Waals surface area contributed by atoms with Crippen molar-refractivity contribution in [3.8, 4) is 0 Å². The normalized spacial score (nSPS) is 11.6. The maximum absolute atomic E-state index is 12.5. The van der Waals surface area contributed by atoms with Crippen molar-refractivity contribution < 1.29 is 18.0 Å². The monoisotopic (exact) mass is 270 g/mol. The van der Waals surface area contributed by atoms with E-state index in [1.54, 1.807) is 18.4 Å². The minimum Gasteiger partial charge on any atom is -0.288 e. The van der Waals surface area contributed by atoms with Gasteiger partial charge in [0.05, 0.1) is 10.4 Å². The fraction of sp³-hybridized carbons (Fsp3) is 0.154. The van der Waals surface area contributed by atoms with E-state index in [0.29, 0.717) is 4.88 Å². The molecule has 2 rings (SSSR count).